The number of nitrogens with zero attached hydrogens (tertiary/aromatic N) is 2. The van der Waals surface area contributed by atoms with Crippen LogP contribution in [-0.4, -0.2) is 40.7 Å². The number of rotatable bonds is 3. The summed E-state index contributed by atoms with van der Waals surface area (Å²) in [6.45, 7) is 5.45. The number of likely N-dealkylation sites (tertiary alicyclic amines) is 1. The molecule has 2 aromatic rings. The lowest BCUT2D eigenvalue weighted by molar-refractivity contribution is 0.0694. The van der Waals surface area contributed by atoms with Crippen molar-refractivity contribution in [1.82, 2.24) is 15.1 Å². The quantitative estimate of drug-likeness (QED) is 0.939. The molecule has 1 saturated heterocycles. The SMILES string of the molecule is CC[C@H]1C[C@@H]2CN(C(=O)c3n[nH]c4cc(OC)ccc34)[C@H](C1)[C@@H]2C. The molecule has 2 aliphatic rings. The Kier molecular flexibility index (Phi) is 3.74. The zero-order valence-electron chi connectivity index (χ0n) is 14.6. The van der Waals surface area contributed by atoms with Crippen molar-refractivity contribution in [1.29, 1.82) is 0 Å². The van der Waals surface area contributed by atoms with Gasteiger partial charge in [0.15, 0.2) is 5.69 Å². The van der Waals surface area contributed by atoms with Crippen LogP contribution in [0.5, 0.6) is 5.75 Å². The van der Waals surface area contributed by atoms with Crippen LogP contribution < -0.4 is 4.74 Å². The lowest BCUT2D eigenvalue weighted by atomic mass is 9.74. The number of benzene rings is 1. The van der Waals surface area contributed by atoms with Crippen molar-refractivity contribution in [3.05, 3.63) is 23.9 Å². The van der Waals surface area contributed by atoms with Crippen LogP contribution in [0.3, 0.4) is 0 Å². The van der Waals surface area contributed by atoms with Crippen molar-refractivity contribution in [2.24, 2.45) is 17.8 Å². The molecule has 0 spiro atoms. The van der Waals surface area contributed by atoms with Crippen molar-refractivity contribution < 1.29 is 9.53 Å². The Morgan fingerprint density at radius 1 is 1.42 bits per heavy atom. The number of H-pyrrole nitrogens is 1. The average molecular weight is 327 g/mol. The van der Waals surface area contributed by atoms with Gasteiger partial charge in [-0.15, -0.1) is 0 Å². The topological polar surface area (TPSA) is 58.2 Å². The molecule has 24 heavy (non-hydrogen) atoms. The molecule has 1 N–H and O–H groups in total. The highest BCUT2D eigenvalue weighted by Gasteiger charge is 2.46. The maximum Gasteiger partial charge on any atom is 0.275 e. The van der Waals surface area contributed by atoms with E-state index >= 15 is 0 Å². The largest absolute Gasteiger partial charge is 0.497 e. The summed E-state index contributed by atoms with van der Waals surface area (Å²) in [7, 11) is 1.64. The Balaban J connectivity index is 1.65. The molecule has 2 fully saturated rings. The summed E-state index contributed by atoms with van der Waals surface area (Å²) in [5.41, 5.74) is 1.39. The molecule has 1 aliphatic carbocycles. The molecule has 128 valence electrons. The normalized spacial score (nSPS) is 29.2. The van der Waals surface area contributed by atoms with Crippen LogP contribution in [-0.2, 0) is 0 Å². The van der Waals surface area contributed by atoms with E-state index < -0.39 is 0 Å². The second-order valence-corrected chi connectivity index (χ2v) is 7.37. The van der Waals surface area contributed by atoms with Crippen molar-refractivity contribution in [3.8, 4) is 5.75 Å². The second kappa shape index (κ2) is 5.80. The molecule has 1 amide bonds. The number of amides is 1. The molecular weight excluding hydrogens is 302 g/mol. The minimum absolute atomic E-state index is 0.0718. The van der Waals surface area contributed by atoms with Crippen LogP contribution in [0.4, 0.5) is 0 Å². The highest BCUT2D eigenvalue weighted by Crippen LogP contribution is 2.44. The number of ether oxygens (including phenoxy) is 1. The highest BCUT2D eigenvalue weighted by molar-refractivity contribution is 6.05. The zero-order valence-corrected chi connectivity index (χ0v) is 14.6. The Bertz CT molecular complexity index is 769. The van der Waals surface area contributed by atoms with Gasteiger partial charge in [0.1, 0.15) is 5.75 Å². The van der Waals surface area contributed by atoms with Gasteiger partial charge < -0.3 is 9.64 Å². The standard InChI is InChI=1S/C19H25N3O2/c1-4-12-7-13-10-22(17(8-12)11(13)2)19(23)18-15-6-5-14(24-3)9-16(15)20-21-18/h5-6,9,11-13,17H,4,7-8,10H2,1-3H3,(H,20,21)/t11-,12+,13-,17-/m1/s1. The number of hydrogen-bond acceptors (Lipinski definition) is 3. The summed E-state index contributed by atoms with van der Waals surface area (Å²) in [5, 5.41) is 8.18. The van der Waals surface area contributed by atoms with Crippen molar-refractivity contribution in [3.63, 3.8) is 0 Å². The predicted octanol–water partition coefficient (Wildman–Crippen LogP) is 3.47. The number of aromatic amines is 1. The van der Waals surface area contributed by atoms with E-state index in [1.165, 1.54) is 12.8 Å². The van der Waals surface area contributed by atoms with Gasteiger partial charge in [-0.05, 0) is 42.7 Å². The lowest BCUT2D eigenvalue weighted by Crippen LogP contribution is -2.39. The van der Waals surface area contributed by atoms with Gasteiger partial charge in [-0.25, -0.2) is 0 Å². The van der Waals surface area contributed by atoms with E-state index in [1.54, 1.807) is 7.11 Å². The molecule has 4 rings (SSSR count). The first kappa shape index (κ1) is 15.5. The first-order chi connectivity index (χ1) is 11.6. The molecule has 1 saturated carbocycles. The number of nitrogens with one attached hydrogen (secondary N) is 1. The highest BCUT2D eigenvalue weighted by atomic mass is 16.5. The lowest BCUT2D eigenvalue weighted by Gasteiger charge is -2.33. The maximum atomic E-state index is 13.2. The van der Waals surface area contributed by atoms with E-state index in [1.807, 2.05) is 18.2 Å². The van der Waals surface area contributed by atoms with Gasteiger partial charge in [0, 0.05) is 24.0 Å². The first-order valence-corrected chi connectivity index (χ1v) is 8.95. The summed E-state index contributed by atoms with van der Waals surface area (Å²) in [6.07, 6.45) is 3.61. The number of methoxy groups -OCH3 is 1. The smallest absolute Gasteiger partial charge is 0.275 e. The van der Waals surface area contributed by atoms with E-state index in [4.69, 9.17) is 4.74 Å². The van der Waals surface area contributed by atoms with Crippen molar-refractivity contribution in [2.75, 3.05) is 13.7 Å². The Morgan fingerprint density at radius 2 is 2.25 bits per heavy atom. The summed E-state index contributed by atoms with van der Waals surface area (Å²) < 4.78 is 5.24. The van der Waals surface area contributed by atoms with Gasteiger partial charge in [0.05, 0.1) is 12.6 Å². The minimum atomic E-state index is 0.0718. The summed E-state index contributed by atoms with van der Waals surface area (Å²) in [5.74, 6) is 2.84. The monoisotopic (exact) mass is 327 g/mol. The van der Waals surface area contributed by atoms with E-state index in [9.17, 15) is 4.79 Å². The van der Waals surface area contributed by atoms with Crippen LogP contribution in [0.1, 0.15) is 43.6 Å². The molecule has 0 unspecified atom stereocenters. The fourth-order valence-electron chi connectivity index (χ4n) is 4.64. The van der Waals surface area contributed by atoms with E-state index in [0.717, 1.165) is 35.5 Å². The van der Waals surface area contributed by atoms with Crippen molar-refractivity contribution in [2.45, 2.75) is 39.2 Å². The van der Waals surface area contributed by atoms with Gasteiger partial charge in [0.25, 0.3) is 5.91 Å². The summed E-state index contributed by atoms with van der Waals surface area (Å²) in [6, 6.07) is 6.06. The van der Waals surface area contributed by atoms with E-state index in [-0.39, 0.29) is 5.91 Å². The number of hydrogen-bond donors (Lipinski definition) is 1. The molecule has 5 heteroatoms. The Labute approximate surface area is 142 Å². The second-order valence-electron chi connectivity index (χ2n) is 7.37. The molecular formula is C19H25N3O2. The van der Waals surface area contributed by atoms with Crippen LogP contribution in [0, 0.1) is 17.8 Å². The van der Waals surface area contributed by atoms with Gasteiger partial charge in [-0.1, -0.05) is 20.3 Å². The fourth-order valence-corrected chi connectivity index (χ4v) is 4.64. The maximum absolute atomic E-state index is 13.2. The van der Waals surface area contributed by atoms with Crippen LogP contribution in [0.25, 0.3) is 10.9 Å². The van der Waals surface area contributed by atoms with Crippen LogP contribution >= 0.6 is 0 Å². The molecule has 5 nitrogen and oxygen atoms in total. The van der Waals surface area contributed by atoms with Gasteiger partial charge >= 0.3 is 0 Å². The summed E-state index contributed by atoms with van der Waals surface area (Å²) >= 11 is 0. The molecule has 1 aromatic carbocycles. The van der Waals surface area contributed by atoms with Crippen LogP contribution in [0.15, 0.2) is 18.2 Å². The van der Waals surface area contributed by atoms with Gasteiger partial charge in [-0.3, -0.25) is 9.89 Å². The van der Waals surface area contributed by atoms with E-state index in [2.05, 4.69) is 28.9 Å². The van der Waals surface area contributed by atoms with Crippen LogP contribution in [0.2, 0.25) is 0 Å². The van der Waals surface area contributed by atoms with E-state index in [0.29, 0.717) is 23.6 Å². The molecule has 1 aliphatic heterocycles. The number of carbonyl (C=O) groups excluding carboxylic acids is 1. The first-order valence-electron chi connectivity index (χ1n) is 8.95. The predicted molar refractivity (Wildman–Crippen MR) is 93.1 cm³/mol. The molecule has 0 radical (unpaired) electrons. The Hall–Kier alpha value is -2.04. The minimum Gasteiger partial charge on any atom is -0.497 e. The van der Waals surface area contributed by atoms with Gasteiger partial charge in [0.2, 0.25) is 0 Å². The van der Waals surface area contributed by atoms with Crippen molar-refractivity contribution >= 4 is 16.8 Å². The van der Waals surface area contributed by atoms with Gasteiger partial charge in [-0.2, -0.15) is 5.10 Å². The third-order valence-corrected chi connectivity index (χ3v) is 6.20. The number of fused-ring (bicyclic) bond motifs is 3. The summed E-state index contributed by atoms with van der Waals surface area (Å²) in [4.78, 5) is 15.3. The molecule has 2 bridgehead atoms. The fraction of sp³-hybridized carbons (Fsp3) is 0.579. The zero-order chi connectivity index (χ0) is 16.8. The average Bonchev–Trinajstić information content (AvgIpc) is 3.08. The third kappa shape index (κ3) is 2.29. The molecule has 4 atom stereocenters. The third-order valence-electron chi connectivity index (χ3n) is 6.20. The number of aromatic nitrogens is 2. The molecule has 2 heterocycles. The Morgan fingerprint density at radius 3 is 3.00 bits per heavy atom. The number of carbonyl (C=O) groups is 1. The molecule has 1 aromatic heterocycles.